The van der Waals surface area contributed by atoms with E-state index >= 15 is 0 Å². The smallest absolute Gasteiger partial charge is 0.232 e. The molecule has 0 radical (unpaired) electrons. The molecule has 0 spiro atoms. The third kappa shape index (κ3) is 3.97. The molecule has 1 fully saturated rings. The lowest BCUT2D eigenvalue weighted by Gasteiger charge is -2.17. The van der Waals surface area contributed by atoms with E-state index in [2.05, 4.69) is 10.6 Å². The number of hydrogen-bond donors (Lipinski definition) is 2. The lowest BCUT2D eigenvalue weighted by Crippen LogP contribution is -2.22. The molecule has 2 aromatic carbocycles. The van der Waals surface area contributed by atoms with Gasteiger partial charge in [0.1, 0.15) is 0 Å². The van der Waals surface area contributed by atoms with Gasteiger partial charge in [-0.3, -0.25) is 9.59 Å². The van der Waals surface area contributed by atoms with Gasteiger partial charge in [-0.2, -0.15) is 0 Å². The van der Waals surface area contributed by atoms with Crippen LogP contribution >= 0.6 is 0 Å². The molecule has 3 rings (SSSR count). The van der Waals surface area contributed by atoms with Crippen molar-refractivity contribution in [3.05, 3.63) is 60.2 Å². The number of hydrogen-bond acceptors (Lipinski definition) is 2. The van der Waals surface area contributed by atoms with Gasteiger partial charge in [-0.25, -0.2) is 0 Å². The molecule has 2 aromatic rings. The van der Waals surface area contributed by atoms with Crippen molar-refractivity contribution in [2.75, 3.05) is 10.6 Å². The van der Waals surface area contributed by atoms with Gasteiger partial charge in [-0.15, -0.1) is 0 Å². The Balaban J connectivity index is 1.71. The van der Waals surface area contributed by atoms with Crippen molar-refractivity contribution < 1.29 is 9.59 Å². The summed E-state index contributed by atoms with van der Waals surface area (Å²) >= 11 is 0. The second-order valence-electron chi connectivity index (χ2n) is 5.97. The van der Waals surface area contributed by atoms with Crippen LogP contribution in [-0.4, -0.2) is 11.8 Å². The van der Waals surface area contributed by atoms with Gasteiger partial charge in [0.25, 0.3) is 0 Å². The standard InChI is InChI=1S/C19H20N2O2/c1-13(22)20-16-9-11-17(12-10-16)21-19(23)18(15-7-8-15)14-5-3-2-4-6-14/h2-6,9-12,15,18H,7-8H2,1H3,(H,20,22)(H,21,23). The van der Waals surface area contributed by atoms with E-state index in [0.29, 0.717) is 5.92 Å². The molecule has 0 aliphatic heterocycles. The SMILES string of the molecule is CC(=O)Nc1ccc(NC(=O)C(c2ccccc2)C2CC2)cc1. The Morgan fingerprint density at radius 2 is 1.48 bits per heavy atom. The van der Waals surface area contributed by atoms with Gasteiger partial charge >= 0.3 is 0 Å². The number of amides is 2. The molecule has 1 unspecified atom stereocenters. The molecule has 0 heterocycles. The van der Waals surface area contributed by atoms with Crippen LogP contribution in [0.1, 0.15) is 31.2 Å². The van der Waals surface area contributed by atoms with Gasteiger partial charge in [-0.1, -0.05) is 30.3 Å². The fraction of sp³-hybridized carbons (Fsp3) is 0.263. The summed E-state index contributed by atoms with van der Waals surface area (Å²) in [5.74, 6) is 0.271. The summed E-state index contributed by atoms with van der Waals surface area (Å²) in [5, 5.41) is 5.70. The topological polar surface area (TPSA) is 58.2 Å². The van der Waals surface area contributed by atoms with Gasteiger partial charge in [-0.05, 0) is 48.6 Å². The van der Waals surface area contributed by atoms with Crippen molar-refractivity contribution in [3.63, 3.8) is 0 Å². The minimum Gasteiger partial charge on any atom is -0.326 e. The quantitative estimate of drug-likeness (QED) is 0.883. The van der Waals surface area contributed by atoms with Gasteiger partial charge in [0.15, 0.2) is 0 Å². The van der Waals surface area contributed by atoms with E-state index in [1.54, 1.807) is 24.3 Å². The maximum Gasteiger partial charge on any atom is 0.232 e. The summed E-state index contributed by atoms with van der Waals surface area (Å²) in [5.41, 5.74) is 2.53. The molecule has 0 saturated heterocycles. The number of carbonyl (C=O) groups is 2. The van der Waals surface area contributed by atoms with Crippen LogP contribution in [0.4, 0.5) is 11.4 Å². The first-order valence-electron chi connectivity index (χ1n) is 7.87. The van der Waals surface area contributed by atoms with Gasteiger partial charge in [0.05, 0.1) is 5.92 Å². The highest BCUT2D eigenvalue weighted by atomic mass is 16.2. The van der Waals surface area contributed by atoms with E-state index < -0.39 is 0 Å². The summed E-state index contributed by atoms with van der Waals surface area (Å²) in [7, 11) is 0. The van der Waals surface area contributed by atoms with Crippen molar-refractivity contribution in [2.24, 2.45) is 5.92 Å². The summed E-state index contributed by atoms with van der Waals surface area (Å²) in [4.78, 5) is 23.7. The van der Waals surface area contributed by atoms with Crippen LogP contribution in [-0.2, 0) is 9.59 Å². The van der Waals surface area contributed by atoms with Crippen molar-refractivity contribution >= 4 is 23.2 Å². The number of benzene rings is 2. The molecule has 0 bridgehead atoms. The molecular formula is C19H20N2O2. The zero-order chi connectivity index (χ0) is 16.2. The van der Waals surface area contributed by atoms with E-state index in [0.717, 1.165) is 29.8 Å². The number of anilines is 2. The molecule has 1 atom stereocenters. The Hall–Kier alpha value is -2.62. The predicted molar refractivity (Wildman–Crippen MR) is 91.3 cm³/mol. The normalized spacial score (nSPS) is 14.8. The first kappa shape index (κ1) is 15.3. The van der Waals surface area contributed by atoms with Crippen LogP contribution in [0.15, 0.2) is 54.6 Å². The predicted octanol–water partition coefficient (Wildman–Crippen LogP) is 3.78. The number of nitrogens with one attached hydrogen (secondary N) is 2. The van der Waals surface area contributed by atoms with Crippen LogP contribution in [0, 0.1) is 5.92 Å². The van der Waals surface area contributed by atoms with Crippen LogP contribution in [0.25, 0.3) is 0 Å². The molecule has 4 nitrogen and oxygen atoms in total. The minimum atomic E-state index is -0.111. The molecule has 0 aromatic heterocycles. The Morgan fingerprint density at radius 1 is 0.913 bits per heavy atom. The van der Waals surface area contributed by atoms with Crippen molar-refractivity contribution in [3.8, 4) is 0 Å². The fourth-order valence-electron chi connectivity index (χ4n) is 2.79. The average Bonchev–Trinajstić information content (AvgIpc) is 3.35. The number of carbonyl (C=O) groups excluding carboxylic acids is 2. The summed E-state index contributed by atoms with van der Waals surface area (Å²) in [6.07, 6.45) is 2.21. The molecule has 1 aliphatic rings. The van der Waals surface area contributed by atoms with Gasteiger partial charge in [0, 0.05) is 18.3 Å². The van der Waals surface area contributed by atoms with Crippen molar-refractivity contribution in [1.82, 2.24) is 0 Å². The highest BCUT2D eigenvalue weighted by molar-refractivity contribution is 5.96. The van der Waals surface area contributed by atoms with Crippen LogP contribution in [0.5, 0.6) is 0 Å². The maximum absolute atomic E-state index is 12.7. The van der Waals surface area contributed by atoms with E-state index in [1.165, 1.54) is 6.92 Å². The lowest BCUT2D eigenvalue weighted by atomic mass is 9.93. The highest BCUT2D eigenvalue weighted by Gasteiger charge is 2.37. The Morgan fingerprint density at radius 3 is 2.00 bits per heavy atom. The zero-order valence-electron chi connectivity index (χ0n) is 13.1. The second-order valence-corrected chi connectivity index (χ2v) is 5.97. The summed E-state index contributed by atoms with van der Waals surface area (Å²) in [6.45, 7) is 1.47. The molecule has 23 heavy (non-hydrogen) atoms. The highest BCUT2D eigenvalue weighted by Crippen LogP contribution is 2.43. The minimum absolute atomic E-state index is 0.0333. The van der Waals surface area contributed by atoms with E-state index in [9.17, 15) is 9.59 Å². The molecule has 118 valence electrons. The van der Waals surface area contributed by atoms with Crippen LogP contribution in [0.2, 0.25) is 0 Å². The Bertz CT molecular complexity index is 691. The van der Waals surface area contributed by atoms with Crippen LogP contribution in [0.3, 0.4) is 0 Å². The Kier molecular flexibility index (Phi) is 4.42. The molecule has 1 aliphatic carbocycles. The van der Waals surface area contributed by atoms with Crippen molar-refractivity contribution in [1.29, 1.82) is 0 Å². The van der Waals surface area contributed by atoms with E-state index in [4.69, 9.17) is 0 Å². The first-order valence-corrected chi connectivity index (χ1v) is 7.87. The van der Waals surface area contributed by atoms with Gasteiger partial charge < -0.3 is 10.6 Å². The fourth-order valence-corrected chi connectivity index (χ4v) is 2.79. The summed E-state index contributed by atoms with van der Waals surface area (Å²) in [6, 6.07) is 17.1. The van der Waals surface area contributed by atoms with E-state index in [-0.39, 0.29) is 17.7 Å². The van der Waals surface area contributed by atoms with Gasteiger partial charge in [0.2, 0.25) is 11.8 Å². The average molecular weight is 308 g/mol. The molecule has 2 amide bonds. The first-order chi connectivity index (χ1) is 11.1. The Labute approximate surface area is 135 Å². The largest absolute Gasteiger partial charge is 0.326 e. The zero-order valence-corrected chi connectivity index (χ0v) is 13.1. The third-order valence-electron chi connectivity index (χ3n) is 4.01. The molecule has 1 saturated carbocycles. The lowest BCUT2D eigenvalue weighted by molar-refractivity contribution is -0.118. The molecular weight excluding hydrogens is 288 g/mol. The summed E-state index contributed by atoms with van der Waals surface area (Å²) < 4.78 is 0. The monoisotopic (exact) mass is 308 g/mol. The third-order valence-corrected chi connectivity index (χ3v) is 4.01. The van der Waals surface area contributed by atoms with E-state index in [1.807, 2.05) is 30.3 Å². The second kappa shape index (κ2) is 6.65. The molecule has 4 heteroatoms. The maximum atomic E-state index is 12.7. The molecule has 2 N–H and O–H groups in total. The number of rotatable bonds is 5. The van der Waals surface area contributed by atoms with Crippen LogP contribution < -0.4 is 10.6 Å². The van der Waals surface area contributed by atoms with Crippen molar-refractivity contribution in [2.45, 2.75) is 25.7 Å².